The first kappa shape index (κ1) is 20.9. The zero-order valence-electron chi connectivity index (χ0n) is 17.8. The Hall–Kier alpha value is -2.82. The monoisotopic (exact) mass is 393 g/mol. The van der Waals surface area contributed by atoms with Crippen molar-refractivity contribution in [1.29, 1.82) is 0 Å². The van der Waals surface area contributed by atoms with Gasteiger partial charge in [0.05, 0.1) is 0 Å². The van der Waals surface area contributed by atoms with Crippen LogP contribution in [0.1, 0.15) is 47.3 Å². The van der Waals surface area contributed by atoms with E-state index in [1.807, 2.05) is 37.8 Å². The number of nitrogens with one attached hydrogen (secondary N) is 2. The minimum absolute atomic E-state index is 0.0786. The highest BCUT2D eigenvalue weighted by molar-refractivity contribution is 5.96. The summed E-state index contributed by atoms with van der Waals surface area (Å²) < 4.78 is 0. The number of anilines is 1. The topological polar surface area (TPSA) is 61.4 Å². The second kappa shape index (κ2) is 9.12. The fourth-order valence-electron chi connectivity index (χ4n) is 3.47. The van der Waals surface area contributed by atoms with Crippen molar-refractivity contribution in [3.05, 3.63) is 64.7 Å². The van der Waals surface area contributed by atoms with Gasteiger partial charge in [0.2, 0.25) is 0 Å². The molecule has 1 fully saturated rings. The molecule has 154 valence electrons. The largest absolute Gasteiger partial charge is 0.350 e. The second-order valence-electron chi connectivity index (χ2n) is 8.20. The zero-order valence-corrected chi connectivity index (χ0v) is 17.8. The lowest BCUT2D eigenvalue weighted by molar-refractivity contribution is 0.0939. The molecule has 0 aromatic heterocycles. The van der Waals surface area contributed by atoms with Crippen LogP contribution in [0.4, 0.5) is 10.5 Å². The molecule has 5 heteroatoms. The lowest BCUT2D eigenvalue weighted by atomic mass is 9.92. The molecule has 1 unspecified atom stereocenters. The Kier molecular flexibility index (Phi) is 6.57. The Morgan fingerprint density at radius 2 is 1.79 bits per heavy atom. The predicted molar refractivity (Wildman–Crippen MR) is 117 cm³/mol. The molecule has 0 spiro atoms. The van der Waals surface area contributed by atoms with Gasteiger partial charge in [-0.15, -0.1) is 0 Å². The number of carbonyl (C=O) groups is 2. The highest BCUT2D eigenvalue weighted by atomic mass is 16.2. The summed E-state index contributed by atoms with van der Waals surface area (Å²) >= 11 is 0. The molecule has 0 radical (unpaired) electrons. The molecule has 3 amide bonds. The first-order valence-electron chi connectivity index (χ1n) is 10.4. The smallest absolute Gasteiger partial charge is 0.321 e. The third kappa shape index (κ3) is 5.37. The van der Waals surface area contributed by atoms with Crippen molar-refractivity contribution in [2.45, 2.75) is 46.6 Å². The minimum Gasteiger partial charge on any atom is -0.350 e. The number of nitrogens with zero attached hydrogens (tertiary/aromatic N) is 1. The van der Waals surface area contributed by atoms with Gasteiger partial charge in [-0.2, -0.15) is 0 Å². The fraction of sp³-hybridized carbons (Fsp3) is 0.417. The van der Waals surface area contributed by atoms with Crippen molar-refractivity contribution in [2.75, 3.05) is 18.4 Å². The molecule has 0 saturated carbocycles. The van der Waals surface area contributed by atoms with Crippen molar-refractivity contribution in [2.24, 2.45) is 5.92 Å². The van der Waals surface area contributed by atoms with Gasteiger partial charge in [0.1, 0.15) is 0 Å². The van der Waals surface area contributed by atoms with E-state index in [1.54, 1.807) is 6.07 Å². The van der Waals surface area contributed by atoms with E-state index in [0.717, 1.165) is 37.2 Å². The van der Waals surface area contributed by atoms with Crippen LogP contribution in [0.2, 0.25) is 0 Å². The number of amides is 3. The normalized spacial score (nSPS) is 14.8. The summed E-state index contributed by atoms with van der Waals surface area (Å²) in [5.74, 6) is 0.429. The van der Waals surface area contributed by atoms with Gasteiger partial charge in [0.25, 0.3) is 5.91 Å². The van der Waals surface area contributed by atoms with Gasteiger partial charge in [-0.1, -0.05) is 36.8 Å². The Morgan fingerprint density at radius 1 is 1.10 bits per heavy atom. The number of aryl methyl sites for hydroxylation is 2. The maximum absolute atomic E-state index is 12.5. The molecule has 2 aromatic carbocycles. The minimum atomic E-state index is -0.0815. The standard InChI is InChI=1S/C24H31N3O2/c1-5-18(4)25-23(28)21-10-11-22(17(3)12-21)26-24(29)27-14-20(15-27)13-19-8-6-16(2)7-9-19/h6-12,18,20H,5,13-15H2,1-4H3,(H,25,28)(H,26,29). The third-order valence-corrected chi connectivity index (χ3v) is 5.61. The molecule has 1 saturated heterocycles. The van der Waals surface area contributed by atoms with Crippen LogP contribution >= 0.6 is 0 Å². The molecular formula is C24H31N3O2. The van der Waals surface area contributed by atoms with Gasteiger partial charge in [-0.3, -0.25) is 4.79 Å². The van der Waals surface area contributed by atoms with E-state index in [2.05, 4.69) is 41.8 Å². The van der Waals surface area contributed by atoms with Crippen LogP contribution in [0.15, 0.2) is 42.5 Å². The first-order chi connectivity index (χ1) is 13.9. The van der Waals surface area contributed by atoms with Gasteiger partial charge in [-0.25, -0.2) is 4.79 Å². The lowest BCUT2D eigenvalue weighted by Gasteiger charge is -2.39. The van der Waals surface area contributed by atoms with E-state index < -0.39 is 0 Å². The van der Waals surface area contributed by atoms with E-state index in [9.17, 15) is 9.59 Å². The second-order valence-corrected chi connectivity index (χ2v) is 8.20. The number of hydrogen-bond donors (Lipinski definition) is 2. The van der Waals surface area contributed by atoms with Gasteiger partial charge in [-0.05, 0) is 68.9 Å². The van der Waals surface area contributed by atoms with Crippen LogP contribution < -0.4 is 10.6 Å². The molecule has 1 aliphatic heterocycles. The SMILES string of the molecule is CCC(C)NC(=O)c1ccc(NC(=O)N2CC(Cc3ccc(C)cc3)C2)c(C)c1. The molecule has 1 atom stereocenters. The summed E-state index contributed by atoms with van der Waals surface area (Å²) in [6.45, 7) is 9.56. The van der Waals surface area contributed by atoms with Crippen LogP contribution in [0, 0.1) is 19.8 Å². The number of benzene rings is 2. The number of urea groups is 1. The predicted octanol–water partition coefficient (Wildman–Crippen LogP) is 4.54. The highest BCUT2D eigenvalue weighted by Gasteiger charge is 2.30. The van der Waals surface area contributed by atoms with Crippen LogP contribution in [0.3, 0.4) is 0 Å². The van der Waals surface area contributed by atoms with Crippen LogP contribution in [0.25, 0.3) is 0 Å². The van der Waals surface area contributed by atoms with Crippen molar-refractivity contribution < 1.29 is 9.59 Å². The molecule has 5 nitrogen and oxygen atoms in total. The van der Waals surface area contributed by atoms with Crippen molar-refractivity contribution in [3.63, 3.8) is 0 Å². The first-order valence-corrected chi connectivity index (χ1v) is 10.4. The van der Waals surface area contributed by atoms with E-state index in [1.165, 1.54) is 11.1 Å². The van der Waals surface area contributed by atoms with Crippen LogP contribution in [0.5, 0.6) is 0 Å². The summed E-state index contributed by atoms with van der Waals surface area (Å²) in [7, 11) is 0. The van der Waals surface area contributed by atoms with Gasteiger partial charge < -0.3 is 15.5 Å². The highest BCUT2D eigenvalue weighted by Crippen LogP contribution is 2.23. The molecule has 0 aliphatic carbocycles. The Morgan fingerprint density at radius 3 is 2.41 bits per heavy atom. The molecule has 1 aliphatic rings. The average molecular weight is 394 g/mol. The van der Waals surface area contributed by atoms with Crippen molar-refractivity contribution in [1.82, 2.24) is 10.2 Å². The summed E-state index contributed by atoms with van der Waals surface area (Å²) in [5.41, 5.74) is 4.83. The van der Waals surface area contributed by atoms with Crippen LogP contribution in [-0.2, 0) is 6.42 Å². The van der Waals surface area contributed by atoms with E-state index >= 15 is 0 Å². The molecule has 2 N–H and O–H groups in total. The van der Waals surface area contributed by atoms with Crippen molar-refractivity contribution >= 4 is 17.6 Å². The molecule has 0 bridgehead atoms. The molecule has 29 heavy (non-hydrogen) atoms. The van der Waals surface area contributed by atoms with E-state index in [-0.39, 0.29) is 18.0 Å². The number of carbonyl (C=O) groups excluding carboxylic acids is 2. The van der Waals surface area contributed by atoms with Gasteiger partial charge in [0, 0.05) is 30.4 Å². The summed E-state index contributed by atoms with van der Waals surface area (Å²) in [6.07, 6.45) is 1.89. The molecule has 1 heterocycles. The zero-order chi connectivity index (χ0) is 21.0. The number of likely N-dealkylation sites (tertiary alicyclic amines) is 1. The number of hydrogen-bond acceptors (Lipinski definition) is 2. The summed E-state index contributed by atoms with van der Waals surface area (Å²) in [4.78, 5) is 26.6. The Bertz CT molecular complexity index is 870. The van der Waals surface area contributed by atoms with Crippen molar-refractivity contribution in [3.8, 4) is 0 Å². The maximum atomic E-state index is 12.5. The average Bonchev–Trinajstić information content (AvgIpc) is 2.67. The Balaban J connectivity index is 1.51. The van der Waals surface area contributed by atoms with Gasteiger partial charge >= 0.3 is 6.03 Å². The van der Waals surface area contributed by atoms with Gasteiger partial charge in [0.15, 0.2) is 0 Å². The molecule has 3 rings (SSSR count). The number of rotatable bonds is 6. The van der Waals surface area contributed by atoms with Crippen LogP contribution in [-0.4, -0.2) is 36.0 Å². The third-order valence-electron chi connectivity index (χ3n) is 5.61. The Labute approximate surface area is 173 Å². The molecular weight excluding hydrogens is 362 g/mol. The molecule has 2 aromatic rings. The maximum Gasteiger partial charge on any atom is 0.321 e. The fourth-order valence-corrected chi connectivity index (χ4v) is 3.47. The van der Waals surface area contributed by atoms with E-state index in [4.69, 9.17) is 0 Å². The lowest BCUT2D eigenvalue weighted by Crippen LogP contribution is -2.52. The quantitative estimate of drug-likeness (QED) is 0.757. The summed E-state index contributed by atoms with van der Waals surface area (Å²) in [6, 6.07) is 14.1. The summed E-state index contributed by atoms with van der Waals surface area (Å²) in [5, 5.41) is 5.94. The van der Waals surface area contributed by atoms with E-state index in [0.29, 0.717) is 11.5 Å².